The van der Waals surface area contributed by atoms with E-state index in [1.807, 2.05) is 12.2 Å². The lowest BCUT2D eigenvalue weighted by Crippen LogP contribution is -2.38. The SMILES string of the molecule is O=C(CN1C(=O)[C@@H]2CC=CC[C@H]2C1=O)Nc1ccc(Cl)cc1F. The molecular weight excluding hydrogens is 323 g/mol. The van der Waals surface area contributed by atoms with Crippen molar-refractivity contribution in [3.05, 3.63) is 41.2 Å². The average Bonchev–Trinajstić information content (AvgIpc) is 2.76. The summed E-state index contributed by atoms with van der Waals surface area (Å²) in [5, 5.41) is 2.56. The minimum absolute atomic E-state index is 0.0439. The van der Waals surface area contributed by atoms with E-state index >= 15 is 0 Å². The van der Waals surface area contributed by atoms with Crippen LogP contribution in [-0.4, -0.2) is 29.2 Å². The summed E-state index contributed by atoms with van der Waals surface area (Å²) in [4.78, 5) is 37.5. The number of nitrogens with one attached hydrogen (secondary N) is 1. The second-order valence-electron chi connectivity index (χ2n) is 5.59. The summed E-state index contributed by atoms with van der Waals surface area (Å²) < 4.78 is 13.7. The van der Waals surface area contributed by atoms with Crippen LogP contribution in [0, 0.1) is 17.7 Å². The Hall–Kier alpha value is -2.21. The fourth-order valence-electron chi connectivity index (χ4n) is 2.95. The van der Waals surface area contributed by atoms with Gasteiger partial charge in [-0.05, 0) is 31.0 Å². The molecule has 2 aliphatic rings. The molecule has 1 heterocycles. The van der Waals surface area contributed by atoms with Gasteiger partial charge in [0.25, 0.3) is 0 Å². The number of carbonyl (C=O) groups excluding carboxylic acids is 3. The smallest absolute Gasteiger partial charge is 0.244 e. The van der Waals surface area contributed by atoms with Crippen LogP contribution in [0.4, 0.5) is 10.1 Å². The molecule has 0 aromatic heterocycles. The number of benzene rings is 1. The molecule has 1 aliphatic heterocycles. The van der Waals surface area contributed by atoms with Gasteiger partial charge in [-0.2, -0.15) is 0 Å². The number of hydrogen-bond donors (Lipinski definition) is 1. The third-order valence-electron chi connectivity index (χ3n) is 4.11. The minimum Gasteiger partial charge on any atom is -0.322 e. The highest BCUT2D eigenvalue weighted by atomic mass is 35.5. The molecule has 0 radical (unpaired) electrons. The molecule has 1 fully saturated rings. The van der Waals surface area contributed by atoms with Gasteiger partial charge in [0.1, 0.15) is 12.4 Å². The Morgan fingerprint density at radius 3 is 2.39 bits per heavy atom. The summed E-state index contributed by atoms with van der Waals surface area (Å²) in [6.07, 6.45) is 4.77. The first-order valence-corrected chi connectivity index (χ1v) is 7.60. The van der Waals surface area contributed by atoms with Crippen molar-refractivity contribution in [3.63, 3.8) is 0 Å². The van der Waals surface area contributed by atoms with Crippen LogP contribution in [0.25, 0.3) is 0 Å². The van der Waals surface area contributed by atoms with Crippen LogP contribution < -0.4 is 5.32 Å². The number of rotatable bonds is 3. The van der Waals surface area contributed by atoms with Crippen molar-refractivity contribution in [1.29, 1.82) is 0 Å². The summed E-state index contributed by atoms with van der Waals surface area (Å²) in [6, 6.07) is 3.84. The van der Waals surface area contributed by atoms with Gasteiger partial charge in [-0.1, -0.05) is 23.8 Å². The van der Waals surface area contributed by atoms with E-state index in [2.05, 4.69) is 5.32 Å². The molecule has 1 N–H and O–H groups in total. The van der Waals surface area contributed by atoms with Crippen LogP contribution in [0.5, 0.6) is 0 Å². The lowest BCUT2D eigenvalue weighted by molar-refractivity contribution is -0.142. The standard InChI is InChI=1S/C16H14ClFN2O3/c17-9-5-6-13(12(18)7-9)19-14(21)8-20-15(22)10-3-1-2-4-11(10)16(20)23/h1-2,5-7,10-11H,3-4,8H2,(H,19,21)/t10-,11-/m1/s1. The molecule has 0 spiro atoms. The van der Waals surface area contributed by atoms with Gasteiger partial charge in [-0.3, -0.25) is 19.3 Å². The van der Waals surface area contributed by atoms with Crippen molar-refractivity contribution in [2.45, 2.75) is 12.8 Å². The summed E-state index contributed by atoms with van der Waals surface area (Å²) in [7, 11) is 0. The van der Waals surface area contributed by atoms with Gasteiger partial charge in [0.05, 0.1) is 17.5 Å². The number of allylic oxidation sites excluding steroid dienone is 2. The number of imide groups is 1. The number of hydrogen-bond acceptors (Lipinski definition) is 3. The maximum absolute atomic E-state index is 13.7. The van der Waals surface area contributed by atoms with Crippen molar-refractivity contribution in [2.24, 2.45) is 11.8 Å². The molecule has 1 aromatic rings. The molecule has 5 nitrogen and oxygen atoms in total. The minimum atomic E-state index is -0.678. The van der Waals surface area contributed by atoms with Crippen LogP contribution in [0.15, 0.2) is 30.4 Å². The molecule has 0 saturated carbocycles. The Morgan fingerprint density at radius 2 is 1.83 bits per heavy atom. The van der Waals surface area contributed by atoms with Gasteiger partial charge in [0, 0.05) is 5.02 Å². The van der Waals surface area contributed by atoms with Crippen molar-refractivity contribution in [1.82, 2.24) is 4.90 Å². The molecule has 3 amide bonds. The van der Waals surface area contributed by atoms with Crippen molar-refractivity contribution >= 4 is 35.0 Å². The van der Waals surface area contributed by atoms with E-state index in [1.165, 1.54) is 12.1 Å². The number of amides is 3. The second-order valence-corrected chi connectivity index (χ2v) is 6.03. The molecule has 1 saturated heterocycles. The van der Waals surface area contributed by atoms with Crippen LogP contribution in [0.2, 0.25) is 5.02 Å². The van der Waals surface area contributed by atoms with Crippen molar-refractivity contribution in [3.8, 4) is 0 Å². The largest absolute Gasteiger partial charge is 0.322 e. The fourth-order valence-corrected chi connectivity index (χ4v) is 3.11. The predicted molar refractivity (Wildman–Crippen MR) is 82.1 cm³/mol. The van der Waals surface area contributed by atoms with Crippen LogP contribution in [0.3, 0.4) is 0 Å². The average molecular weight is 337 g/mol. The first-order valence-electron chi connectivity index (χ1n) is 7.22. The van der Waals surface area contributed by atoms with Gasteiger partial charge in [-0.25, -0.2) is 4.39 Å². The molecule has 3 rings (SSSR count). The summed E-state index contributed by atoms with van der Waals surface area (Å²) in [5.74, 6) is -2.74. The van der Waals surface area contributed by atoms with E-state index in [9.17, 15) is 18.8 Å². The monoisotopic (exact) mass is 336 g/mol. The second kappa shape index (κ2) is 6.12. The van der Waals surface area contributed by atoms with Gasteiger partial charge in [0.2, 0.25) is 17.7 Å². The number of fused-ring (bicyclic) bond motifs is 1. The first kappa shape index (κ1) is 15.7. The van der Waals surface area contributed by atoms with Gasteiger partial charge in [0.15, 0.2) is 0 Å². The molecule has 0 unspecified atom stereocenters. The Kier molecular flexibility index (Phi) is 4.17. The van der Waals surface area contributed by atoms with Crippen molar-refractivity contribution in [2.75, 3.05) is 11.9 Å². The molecule has 23 heavy (non-hydrogen) atoms. The summed E-state index contributed by atoms with van der Waals surface area (Å²) >= 11 is 5.64. The number of nitrogens with zero attached hydrogens (tertiary/aromatic N) is 1. The third-order valence-corrected chi connectivity index (χ3v) is 4.34. The number of halogens is 2. The van der Waals surface area contributed by atoms with E-state index in [0.717, 1.165) is 11.0 Å². The summed E-state index contributed by atoms with van der Waals surface area (Å²) in [5.41, 5.74) is -0.0439. The summed E-state index contributed by atoms with van der Waals surface area (Å²) in [6.45, 7) is -0.410. The van der Waals surface area contributed by atoms with Crippen molar-refractivity contribution < 1.29 is 18.8 Å². The molecule has 1 aliphatic carbocycles. The van der Waals surface area contributed by atoms with Gasteiger partial charge < -0.3 is 5.32 Å². The first-order chi connectivity index (χ1) is 11.0. The van der Waals surface area contributed by atoms with Gasteiger partial charge in [-0.15, -0.1) is 0 Å². The fraction of sp³-hybridized carbons (Fsp3) is 0.312. The molecule has 1 aromatic carbocycles. The molecule has 0 bridgehead atoms. The molecular formula is C16H14ClFN2O3. The van der Waals surface area contributed by atoms with Gasteiger partial charge >= 0.3 is 0 Å². The molecule has 2 atom stereocenters. The zero-order valence-corrected chi connectivity index (χ0v) is 12.8. The number of anilines is 1. The lowest BCUT2D eigenvalue weighted by atomic mass is 9.85. The van der Waals surface area contributed by atoms with E-state index in [0.29, 0.717) is 12.8 Å². The highest BCUT2D eigenvalue weighted by Gasteiger charge is 2.47. The maximum Gasteiger partial charge on any atom is 0.244 e. The van der Waals surface area contributed by atoms with Crippen LogP contribution >= 0.6 is 11.6 Å². The number of likely N-dealkylation sites (tertiary alicyclic amines) is 1. The molecule has 120 valence electrons. The van der Waals surface area contributed by atoms with E-state index in [-0.39, 0.29) is 34.4 Å². The lowest BCUT2D eigenvalue weighted by Gasteiger charge is -2.14. The topological polar surface area (TPSA) is 66.5 Å². The zero-order chi connectivity index (χ0) is 16.6. The Bertz CT molecular complexity index is 693. The van der Waals surface area contributed by atoms with Crippen LogP contribution in [0.1, 0.15) is 12.8 Å². The normalized spacial score (nSPS) is 23.1. The van der Waals surface area contributed by atoms with E-state index < -0.39 is 18.3 Å². The zero-order valence-electron chi connectivity index (χ0n) is 12.1. The van der Waals surface area contributed by atoms with E-state index in [1.54, 1.807) is 0 Å². The molecule has 7 heteroatoms. The van der Waals surface area contributed by atoms with Crippen LogP contribution in [-0.2, 0) is 14.4 Å². The third kappa shape index (κ3) is 2.99. The Labute approximate surface area is 137 Å². The highest BCUT2D eigenvalue weighted by molar-refractivity contribution is 6.30. The predicted octanol–water partition coefficient (Wildman–Crippen LogP) is 2.37. The maximum atomic E-state index is 13.7. The number of carbonyl (C=O) groups is 3. The van der Waals surface area contributed by atoms with E-state index in [4.69, 9.17) is 11.6 Å². The highest BCUT2D eigenvalue weighted by Crippen LogP contribution is 2.34. The Morgan fingerprint density at radius 1 is 1.22 bits per heavy atom. The Balaban J connectivity index is 1.68. The quantitative estimate of drug-likeness (QED) is 0.680.